The first-order chi connectivity index (χ1) is 34.6. The van der Waals surface area contributed by atoms with Crippen LogP contribution in [0.25, 0.3) is 33.0 Å². The van der Waals surface area contributed by atoms with Crippen LogP contribution in [0, 0.1) is 11.6 Å². The van der Waals surface area contributed by atoms with Crippen molar-refractivity contribution >= 4 is 44.9 Å². The highest BCUT2D eigenvalue weighted by molar-refractivity contribution is 6.12. The van der Waals surface area contributed by atoms with Crippen LogP contribution >= 0.6 is 0 Å². The lowest BCUT2D eigenvalue weighted by Gasteiger charge is -2.41. The van der Waals surface area contributed by atoms with Gasteiger partial charge in [0, 0.05) is 22.4 Å². The number of rotatable bonds is 6. The molecule has 16 heteroatoms. The monoisotopic (exact) mass is 1010 g/mol. The maximum absolute atomic E-state index is 16.2. The number of hydrogen-bond donors (Lipinski definition) is 0. The third kappa shape index (κ3) is 7.55. The summed E-state index contributed by atoms with van der Waals surface area (Å²) in [5.74, 6) is -1.97. The van der Waals surface area contributed by atoms with Crippen molar-refractivity contribution in [3.63, 3.8) is 0 Å². The van der Waals surface area contributed by atoms with E-state index in [-0.39, 0.29) is 34.6 Å². The van der Waals surface area contributed by atoms with E-state index in [1.54, 1.807) is 60.7 Å². The summed E-state index contributed by atoms with van der Waals surface area (Å²) in [6.07, 6.45) is -21.1. The van der Waals surface area contributed by atoms with Crippen LogP contribution in [0.3, 0.4) is 0 Å². The summed E-state index contributed by atoms with van der Waals surface area (Å²) >= 11 is 0. The maximum Gasteiger partial charge on any atom is 0.416 e. The number of halogens is 14. The van der Waals surface area contributed by atoms with Crippen LogP contribution in [0.4, 0.5) is 95.6 Å². The van der Waals surface area contributed by atoms with E-state index in [9.17, 15) is 52.7 Å². The molecule has 0 saturated carbocycles. The maximum atomic E-state index is 16.2. The van der Waals surface area contributed by atoms with Crippen LogP contribution in [-0.2, 0) is 30.1 Å². The lowest BCUT2D eigenvalue weighted by molar-refractivity contribution is -0.144. The van der Waals surface area contributed by atoms with Crippen molar-refractivity contribution in [3.8, 4) is 22.3 Å². The molecule has 0 saturated heterocycles. The smallest absolute Gasteiger partial charge is 0.308 e. The number of benzene rings is 9. The molecular weight excluding hydrogens is 979 g/mol. The average Bonchev–Trinajstić information content (AvgIpc) is 3.64. The van der Waals surface area contributed by atoms with Crippen molar-refractivity contribution < 1.29 is 61.5 Å². The normalized spacial score (nSPS) is 13.7. The van der Waals surface area contributed by atoms with E-state index in [2.05, 4.69) is 0 Å². The van der Waals surface area contributed by atoms with Crippen molar-refractivity contribution in [2.24, 2.45) is 0 Å². The zero-order valence-electron chi connectivity index (χ0n) is 37.0. The minimum absolute atomic E-state index is 0.0244. The first kappa shape index (κ1) is 47.2. The molecule has 0 amide bonds. The Morgan fingerprint density at radius 2 is 0.712 bits per heavy atom. The Morgan fingerprint density at radius 3 is 1.21 bits per heavy atom. The molecule has 2 nitrogen and oxygen atoms in total. The second-order valence-electron chi connectivity index (χ2n) is 17.5. The van der Waals surface area contributed by atoms with Crippen LogP contribution in [0.1, 0.15) is 44.5 Å². The summed E-state index contributed by atoms with van der Waals surface area (Å²) in [5.41, 5.74) is -5.69. The number of alkyl halides is 12. The zero-order chi connectivity index (χ0) is 51.6. The van der Waals surface area contributed by atoms with Crippen molar-refractivity contribution in [3.05, 3.63) is 238 Å². The molecule has 0 heterocycles. The molecule has 0 unspecified atom stereocenters. The van der Waals surface area contributed by atoms with Crippen molar-refractivity contribution in [1.82, 2.24) is 0 Å². The topological polar surface area (TPSA) is 6.48 Å². The predicted molar refractivity (Wildman–Crippen MR) is 250 cm³/mol. The second-order valence-corrected chi connectivity index (χ2v) is 17.5. The van der Waals surface area contributed by atoms with E-state index in [0.717, 1.165) is 33.1 Å². The van der Waals surface area contributed by atoms with Gasteiger partial charge in [0.2, 0.25) is 0 Å². The largest absolute Gasteiger partial charge is 0.416 e. The number of para-hydroxylation sites is 2. The molecule has 0 bridgehead atoms. The van der Waals surface area contributed by atoms with E-state index in [1.165, 1.54) is 48.5 Å². The predicted octanol–water partition coefficient (Wildman–Crippen LogP) is 18.5. The quantitative estimate of drug-likeness (QED) is 0.153. The molecule has 2 aliphatic rings. The molecular formula is C57H30F14N2. The molecule has 0 aliphatic heterocycles. The summed E-state index contributed by atoms with van der Waals surface area (Å²) in [4.78, 5) is 1.96. The second kappa shape index (κ2) is 16.4. The molecule has 0 fully saturated rings. The third-order valence-corrected chi connectivity index (χ3v) is 13.4. The molecule has 0 radical (unpaired) electrons. The Hall–Kier alpha value is -8.14. The summed E-state index contributed by atoms with van der Waals surface area (Å²) in [6.45, 7) is 0. The Kier molecular flexibility index (Phi) is 10.6. The number of hydrogen-bond acceptors (Lipinski definition) is 2. The van der Waals surface area contributed by atoms with Crippen LogP contribution < -0.4 is 9.80 Å². The highest BCUT2D eigenvalue weighted by Crippen LogP contribution is 2.63. The van der Waals surface area contributed by atoms with Gasteiger partial charge in [-0.2, -0.15) is 52.7 Å². The fraction of sp³-hybridized carbons (Fsp3) is 0.0877. The first-order valence-electron chi connectivity index (χ1n) is 22.2. The van der Waals surface area contributed by atoms with Crippen molar-refractivity contribution in [1.29, 1.82) is 0 Å². The Morgan fingerprint density at radius 1 is 0.301 bits per heavy atom. The van der Waals surface area contributed by atoms with Gasteiger partial charge in [-0.15, -0.1) is 0 Å². The van der Waals surface area contributed by atoms with E-state index in [1.807, 2.05) is 24.3 Å². The van der Waals surface area contributed by atoms with Crippen molar-refractivity contribution in [2.75, 3.05) is 9.80 Å². The van der Waals surface area contributed by atoms with Gasteiger partial charge in [-0.1, -0.05) is 103 Å². The van der Waals surface area contributed by atoms with E-state index in [0.29, 0.717) is 63.0 Å². The van der Waals surface area contributed by atoms with E-state index < -0.39 is 81.1 Å². The molecule has 1 spiro atoms. The molecule has 0 atom stereocenters. The SMILES string of the molecule is Fc1ccccc1N(c1cc(C(F)(F)F)cc(C(F)(F)F)c1)c1ccc2c(c1)C1(c3ccccc3-c3ccccc31)c1cccc3c(N(c4cc(C(F)(F)F)cc(C(F)(F)F)c4)c4ccccc4F)ccc-2c13. The van der Waals surface area contributed by atoms with Crippen molar-refractivity contribution in [2.45, 2.75) is 30.1 Å². The minimum atomic E-state index is -5.27. The fourth-order valence-electron chi connectivity index (χ4n) is 10.5. The minimum Gasteiger partial charge on any atom is -0.308 e. The Balaban J connectivity index is 1.25. The Bertz CT molecular complexity index is 3590. The summed E-state index contributed by atoms with van der Waals surface area (Å²) < 4.78 is 206. The summed E-state index contributed by atoms with van der Waals surface area (Å²) in [7, 11) is 0. The highest BCUT2D eigenvalue weighted by atomic mass is 19.4. The van der Waals surface area contributed by atoms with Crippen LogP contribution in [0.2, 0.25) is 0 Å². The summed E-state index contributed by atoms with van der Waals surface area (Å²) in [5, 5.41) is 0.673. The lowest BCUT2D eigenvalue weighted by Crippen LogP contribution is -2.32. The fourth-order valence-corrected chi connectivity index (χ4v) is 10.5. The van der Waals surface area contributed by atoms with Crippen LogP contribution in [0.5, 0.6) is 0 Å². The molecule has 0 aromatic heterocycles. The lowest BCUT2D eigenvalue weighted by atomic mass is 9.61. The molecule has 11 rings (SSSR count). The molecule has 9 aromatic rings. The van der Waals surface area contributed by atoms with Gasteiger partial charge in [-0.3, -0.25) is 0 Å². The van der Waals surface area contributed by atoms with Crippen LogP contribution in [0.15, 0.2) is 182 Å². The average molecular weight is 1010 g/mol. The van der Waals surface area contributed by atoms with Gasteiger partial charge < -0.3 is 9.80 Å². The van der Waals surface area contributed by atoms with Crippen LogP contribution in [-0.4, -0.2) is 0 Å². The van der Waals surface area contributed by atoms with Gasteiger partial charge in [-0.05, 0) is 129 Å². The molecule has 73 heavy (non-hydrogen) atoms. The standard InChI is InChI=1S/C57H30F14N2/c58-47-16-5-7-18-50(47)72(36-26-31(54(60,61)62)24-32(27-36)55(63,64)65)35-20-21-40-41-22-23-49(73(51-19-8-6-17-48(51)59)37-28-33(56(66,67)68)25-34(29-37)57(69,70)71)42-12-9-15-45(52(41)42)53(46(40)30-35)43-13-3-1-10-38(43)39-11-2-4-14-44(39)53/h1-30H. The van der Waals surface area contributed by atoms with Gasteiger partial charge in [0.05, 0.1) is 44.7 Å². The third-order valence-electron chi connectivity index (χ3n) is 13.4. The zero-order valence-corrected chi connectivity index (χ0v) is 37.0. The number of anilines is 6. The van der Waals surface area contributed by atoms with E-state index in [4.69, 9.17) is 0 Å². The van der Waals surface area contributed by atoms with Gasteiger partial charge in [-0.25, -0.2) is 8.78 Å². The Labute approximate surface area is 405 Å². The highest BCUT2D eigenvalue weighted by Gasteiger charge is 2.51. The molecule has 9 aromatic carbocycles. The first-order valence-corrected chi connectivity index (χ1v) is 22.2. The molecule has 0 N–H and O–H groups in total. The van der Waals surface area contributed by atoms with Gasteiger partial charge in [0.25, 0.3) is 0 Å². The molecule has 366 valence electrons. The van der Waals surface area contributed by atoms with Gasteiger partial charge in [0.15, 0.2) is 0 Å². The molecule has 2 aliphatic carbocycles. The summed E-state index contributed by atoms with van der Waals surface area (Å²) in [6, 6.07) is 38.7. The number of nitrogens with zero attached hydrogens (tertiary/aromatic N) is 2. The van der Waals surface area contributed by atoms with Gasteiger partial charge >= 0.3 is 24.7 Å². The number of fused-ring (bicyclic) bond motifs is 9. The van der Waals surface area contributed by atoms with E-state index >= 15 is 8.78 Å². The van der Waals surface area contributed by atoms with Gasteiger partial charge in [0.1, 0.15) is 11.6 Å².